The third-order valence-electron chi connectivity index (χ3n) is 5.52. The molecule has 5 heteroatoms. The molecule has 0 saturated heterocycles. The van der Waals surface area contributed by atoms with Crippen molar-refractivity contribution in [2.45, 2.75) is 39.3 Å². The number of likely N-dealkylation sites (N-methyl/N-ethyl adjacent to an activating group) is 1. The summed E-state index contributed by atoms with van der Waals surface area (Å²) < 4.78 is 5.22. The number of ether oxygens (including phenoxy) is 1. The molecule has 3 aromatic carbocycles. The van der Waals surface area contributed by atoms with Gasteiger partial charge in [-0.2, -0.15) is 0 Å². The summed E-state index contributed by atoms with van der Waals surface area (Å²) in [6.45, 7) is 4.56. The number of fused-ring (bicyclic) bond motifs is 1. The summed E-state index contributed by atoms with van der Waals surface area (Å²) in [6, 6.07) is 21.4. The van der Waals surface area contributed by atoms with Gasteiger partial charge in [0.15, 0.2) is 0 Å². The van der Waals surface area contributed by atoms with E-state index >= 15 is 0 Å². The van der Waals surface area contributed by atoms with Crippen LogP contribution in [0, 0.1) is 0 Å². The molecule has 1 N–H and O–H groups in total. The lowest BCUT2D eigenvalue weighted by Crippen LogP contribution is -2.47. The molecule has 3 aromatic rings. The Bertz CT molecular complexity index is 1030. The number of nitrogens with one attached hydrogen (secondary N) is 1. The number of nitrogens with zero attached hydrogens (tertiary/aromatic N) is 1. The summed E-state index contributed by atoms with van der Waals surface area (Å²) >= 11 is 0. The molecule has 0 aromatic heterocycles. The van der Waals surface area contributed by atoms with E-state index in [9.17, 15) is 9.59 Å². The lowest BCUT2D eigenvalue weighted by Gasteiger charge is -2.29. The van der Waals surface area contributed by atoms with Gasteiger partial charge in [-0.15, -0.1) is 0 Å². The summed E-state index contributed by atoms with van der Waals surface area (Å²) in [4.78, 5) is 27.4. The van der Waals surface area contributed by atoms with Crippen LogP contribution in [0.5, 0.6) is 5.75 Å². The minimum absolute atomic E-state index is 0.0393. The maximum absolute atomic E-state index is 13.3. The molecule has 0 aliphatic rings. The van der Waals surface area contributed by atoms with Crippen LogP contribution >= 0.6 is 0 Å². The number of rotatable bonds is 9. The maximum Gasteiger partial charge on any atom is 0.242 e. The highest BCUT2D eigenvalue weighted by Gasteiger charge is 2.25. The van der Waals surface area contributed by atoms with Crippen molar-refractivity contribution in [1.82, 2.24) is 10.2 Å². The average Bonchev–Trinajstić information content (AvgIpc) is 2.81. The average molecular weight is 419 g/mol. The van der Waals surface area contributed by atoms with E-state index in [2.05, 4.69) is 29.6 Å². The van der Waals surface area contributed by atoms with Crippen LogP contribution in [0.2, 0.25) is 0 Å². The number of hydrogen-bond acceptors (Lipinski definition) is 3. The molecule has 5 nitrogen and oxygen atoms in total. The SMILES string of the molecule is CCNC(=O)[C@H](C)N(Cc1ccc(OC)cc1)C(=O)CCc1cccc2ccccc12. The number of benzene rings is 3. The van der Waals surface area contributed by atoms with Gasteiger partial charge in [-0.3, -0.25) is 9.59 Å². The van der Waals surface area contributed by atoms with Crippen molar-refractivity contribution in [1.29, 1.82) is 0 Å². The largest absolute Gasteiger partial charge is 0.497 e. The van der Waals surface area contributed by atoms with Crippen LogP contribution in [-0.4, -0.2) is 36.4 Å². The van der Waals surface area contributed by atoms with Gasteiger partial charge in [-0.1, -0.05) is 54.6 Å². The second-order valence-electron chi connectivity index (χ2n) is 7.58. The zero-order chi connectivity index (χ0) is 22.2. The van der Waals surface area contributed by atoms with Gasteiger partial charge in [0.25, 0.3) is 0 Å². The van der Waals surface area contributed by atoms with E-state index in [0.29, 0.717) is 25.9 Å². The van der Waals surface area contributed by atoms with Gasteiger partial charge in [0, 0.05) is 19.5 Å². The Balaban J connectivity index is 1.78. The normalized spacial score (nSPS) is 11.7. The molecule has 2 amide bonds. The summed E-state index contributed by atoms with van der Waals surface area (Å²) in [6.07, 6.45) is 0.968. The number of methoxy groups -OCH3 is 1. The first kappa shape index (κ1) is 22.3. The van der Waals surface area contributed by atoms with E-state index < -0.39 is 6.04 Å². The first-order chi connectivity index (χ1) is 15.0. The fraction of sp³-hybridized carbons (Fsp3) is 0.308. The highest BCUT2D eigenvalue weighted by molar-refractivity contribution is 5.88. The Morgan fingerprint density at radius 3 is 2.42 bits per heavy atom. The molecule has 0 aliphatic carbocycles. The monoisotopic (exact) mass is 418 g/mol. The number of carbonyl (C=O) groups excluding carboxylic acids is 2. The molecule has 0 saturated carbocycles. The molecule has 0 aliphatic heterocycles. The Morgan fingerprint density at radius 2 is 1.71 bits per heavy atom. The van der Waals surface area contributed by atoms with Crippen LogP contribution in [0.15, 0.2) is 66.7 Å². The summed E-state index contributed by atoms with van der Waals surface area (Å²) in [5.74, 6) is 0.575. The molecular formula is C26H30N2O3. The Morgan fingerprint density at radius 1 is 1.00 bits per heavy atom. The van der Waals surface area contributed by atoms with Crippen molar-refractivity contribution in [3.05, 3.63) is 77.9 Å². The van der Waals surface area contributed by atoms with Crippen molar-refractivity contribution in [2.75, 3.05) is 13.7 Å². The van der Waals surface area contributed by atoms with Crippen molar-refractivity contribution >= 4 is 22.6 Å². The van der Waals surface area contributed by atoms with E-state index in [0.717, 1.165) is 22.3 Å². The molecule has 31 heavy (non-hydrogen) atoms. The van der Waals surface area contributed by atoms with Gasteiger partial charge in [-0.05, 0) is 54.3 Å². The smallest absolute Gasteiger partial charge is 0.242 e. The number of carbonyl (C=O) groups is 2. The predicted molar refractivity (Wildman–Crippen MR) is 124 cm³/mol. The molecule has 1 atom stereocenters. The summed E-state index contributed by atoms with van der Waals surface area (Å²) in [7, 11) is 1.62. The van der Waals surface area contributed by atoms with Gasteiger partial charge in [0.2, 0.25) is 11.8 Å². The van der Waals surface area contributed by atoms with Gasteiger partial charge in [0.05, 0.1) is 7.11 Å². The Kier molecular flexibility index (Phi) is 7.65. The number of hydrogen-bond donors (Lipinski definition) is 1. The van der Waals surface area contributed by atoms with Crippen molar-refractivity contribution in [3.63, 3.8) is 0 Å². The van der Waals surface area contributed by atoms with Gasteiger partial charge >= 0.3 is 0 Å². The zero-order valence-electron chi connectivity index (χ0n) is 18.4. The predicted octanol–water partition coefficient (Wildman–Crippen LogP) is 4.33. The van der Waals surface area contributed by atoms with E-state index in [4.69, 9.17) is 4.74 Å². The zero-order valence-corrected chi connectivity index (χ0v) is 18.4. The topological polar surface area (TPSA) is 58.6 Å². The molecule has 0 bridgehead atoms. The Hall–Kier alpha value is -3.34. The fourth-order valence-corrected chi connectivity index (χ4v) is 3.73. The third-order valence-corrected chi connectivity index (χ3v) is 5.52. The Labute approximate surface area is 184 Å². The molecule has 0 fully saturated rings. The lowest BCUT2D eigenvalue weighted by atomic mass is 10.0. The van der Waals surface area contributed by atoms with Gasteiger partial charge in [0.1, 0.15) is 11.8 Å². The van der Waals surface area contributed by atoms with Crippen molar-refractivity contribution in [3.8, 4) is 5.75 Å². The second kappa shape index (κ2) is 10.6. The molecule has 0 heterocycles. The third kappa shape index (κ3) is 5.63. The molecule has 3 rings (SSSR count). The van der Waals surface area contributed by atoms with Crippen molar-refractivity contribution in [2.24, 2.45) is 0 Å². The van der Waals surface area contributed by atoms with E-state index in [-0.39, 0.29) is 11.8 Å². The summed E-state index contributed by atoms with van der Waals surface area (Å²) in [5, 5.41) is 5.16. The molecular weight excluding hydrogens is 388 g/mol. The molecule has 0 unspecified atom stereocenters. The van der Waals surface area contributed by atoms with Crippen LogP contribution in [0.1, 0.15) is 31.4 Å². The fourth-order valence-electron chi connectivity index (χ4n) is 3.73. The lowest BCUT2D eigenvalue weighted by molar-refractivity contribution is -0.140. The first-order valence-corrected chi connectivity index (χ1v) is 10.7. The number of aryl methyl sites for hydroxylation is 1. The van der Waals surface area contributed by atoms with Gasteiger partial charge in [-0.25, -0.2) is 0 Å². The van der Waals surface area contributed by atoms with Crippen LogP contribution in [-0.2, 0) is 22.6 Å². The highest BCUT2D eigenvalue weighted by Crippen LogP contribution is 2.21. The first-order valence-electron chi connectivity index (χ1n) is 10.7. The minimum atomic E-state index is -0.554. The van der Waals surface area contributed by atoms with Crippen LogP contribution in [0.4, 0.5) is 0 Å². The van der Waals surface area contributed by atoms with E-state index in [1.54, 1.807) is 18.9 Å². The van der Waals surface area contributed by atoms with E-state index in [1.807, 2.05) is 49.4 Å². The van der Waals surface area contributed by atoms with Crippen molar-refractivity contribution < 1.29 is 14.3 Å². The van der Waals surface area contributed by atoms with Crippen LogP contribution < -0.4 is 10.1 Å². The molecule has 162 valence electrons. The number of amides is 2. The second-order valence-corrected chi connectivity index (χ2v) is 7.58. The maximum atomic E-state index is 13.3. The van der Waals surface area contributed by atoms with Gasteiger partial charge < -0.3 is 15.0 Å². The highest BCUT2D eigenvalue weighted by atomic mass is 16.5. The van der Waals surface area contributed by atoms with Crippen LogP contribution in [0.25, 0.3) is 10.8 Å². The standard InChI is InChI=1S/C26H30N2O3/c1-4-27-26(30)19(2)28(18-20-12-15-23(31-3)16-13-20)25(29)17-14-22-10-7-9-21-8-5-6-11-24(21)22/h5-13,15-16,19H,4,14,17-18H2,1-3H3,(H,27,30)/t19-/m0/s1. The minimum Gasteiger partial charge on any atom is -0.497 e. The molecule has 0 spiro atoms. The molecule has 0 radical (unpaired) electrons. The quantitative estimate of drug-likeness (QED) is 0.563. The summed E-state index contributed by atoms with van der Waals surface area (Å²) in [5.41, 5.74) is 2.09. The van der Waals surface area contributed by atoms with E-state index in [1.165, 1.54) is 5.39 Å². The van der Waals surface area contributed by atoms with Crippen LogP contribution in [0.3, 0.4) is 0 Å².